The molecule has 0 heterocycles. The van der Waals surface area contributed by atoms with Gasteiger partial charge in [0.25, 0.3) is 0 Å². The molecule has 1 rings (SSSR count). The van der Waals surface area contributed by atoms with Crippen LogP contribution < -0.4 is 0 Å². The highest BCUT2D eigenvalue weighted by Crippen LogP contribution is 2.21. The second kappa shape index (κ2) is 5.89. The molecular formula is C12H16OS. The zero-order chi connectivity index (χ0) is 10.4. The normalized spacial score (nSPS) is 10.1. The SMILES string of the molecule is C=C(CC)CSc1cccc(CO)c1. The monoisotopic (exact) mass is 208 g/mol. The van der Waals surface area contributed by atoms with Gasteiger partial charge in [-0.1, -0.05) is 31.2 Å². The van der Waals surface area contributed by atoms with E-state index in [0.717, 1.165) is 17.7 Å². The fraction of sp³-hybridized carbons (Fsp3) is 0.333. The van der Waals surface area contributed by atoms with Crippen molar-refractivity contribution in [3.8, 4) is 0 Å². The molecule has 1 nitrogen and oxygen atoms in total. The summed E-state index contributed by atoms with van der Waals surface area (Å²) in [6.45, 7) is 6.19. The fourth-order valence-corrected chi connectivity index (χ4v) is 2.01. The van der Waals surface area contributed by atoms with Crippen molar-refractivity contribution in [2.24, 2.45) is 0 Å². The van der Waals surface area contributed by atoms with Gasteiger partial charge in [0, 0.05) is 10.6 Å². The molecule has 1 aromatic carbocycles. The predicted octanol–water partition coefficient (Wildman–Crippen LogP) is 3.24. The van der Waals surface area contributed by atoms with Crippen LogP contribution in [0.25, 0.3) is 0 Å². The minimum atomic E-state index is 0.114. The van der Waals surface area contributed by atoms with Crippen LogP contribution >= 0.6 is 11.8 Å². The molecule has 0 amide bonds. The van der Waals surface area contributed by atoms with Crippen LogP contribution in [-0.4, -0.2) is 10.9 Å². The van der Waals surface area contributed by atoms with Crippen molar-refractivity contribution in [1.82, 2.24) is 0 Å². The third-order valence-corrected chi connectivity index (χ3v) is 3.16. The van der Waals surface area contributed by atoms with Gasteiger partial charge in [0.2, 0.25) is 0 Å². The van der Waals surface area contributed by atoms with Crippen molar-refractivity contribution in [2.75, 3.05) is 5.75 Å². The molecule has 14 heavy (non-hydrogen) atoms. The smallest absolute Gasteiger partial charge is 0.0682 e. The average Bonchev–Trinajstić information content (AvgIpc) is 2.26. The molecule has 0 saturated carbocycles. The van der Waals surface area contributed by atoms with Crippen molar-refractivity contribution < 1.29 is 5.11 Å². The lowest BCUT2D eigenvalue weighted by Gasteiger charge is -2.04. The first kappa shape index (κ1) is 11.3. The van der Waals surface area contributed by atoms with Crippen molar-refractivity contribution in [3.05, 3.63) is 42.0 Å². The van der Waals surface area contributed by atoms with E-state index in [1.807, 2.05) is 18.2 Å². The van der Waals surface area contributed by atoms with Crippen LogP contribution in [0.1, 0.15) is 18.9 Å². The van der Waals surface area contributed by atoms with Gasteiger partial charge in [0.15, 0.2) is 0 Å². The Kier molecular flexibility index (Phi) is 4.77. The number of hydrogen-bond donors (Lipinski definition) is 1. The van der Waals surface area contributed by atoms with E-state index in [9.17, 15) is 0 Å². The van der Waals surface area contributed by atoms with Gasteiger partial charge < -0.3 is 5.11 Å². The summed E-state index contributed by atoms with van der Waals surface area (Å²) in [5.41, 5.74) is 2.22. The maximum atomic E-state index is 8.96. The fourth-order valence-electron chi connectivity index (χ4n) is 1.02. The molecule has 1 N–H and O–H groups in total. The highest BCUT2D eigenvalue weighted by Gasteiger charge is 1.97. The van der Waals surface area contributed by atoms with Crippen LogP contribution in [0.15, 0.2) is 41.3 Å². The van der Waals surface area contributed by atoms with Crippen LogP contribution in [0.5, 0.6) is 0 Å². The molecule has 0 radical (unpaired) electrons. The molecule has 0 aliphatic heterocycles. The Morgan fingerprint density at radius 2 is 2.29 bits per heavy atom. The number of thioether (sulfide) groups is 1. The Labute approximate surface area is 89.8 Å². The van der Waals surface area contributed by atoms with Gasteiger partial charge in [0.05, 0.1) is 6.61 Å². The highest BCUT2D eigenvalue weighted by molar-refractivity contribution is 7.99. The van der Waals surface area contributed by atoms with Gasteiger partial charge in [-0.15, -0.1) is 11.8 Å². The van der Waals surface area contributed by atoms with E-state index < -0.39 is 0 Å². The van der Waals surface area contributed by atoms with E-state index in [2.05, 4.69) is 19.6 Å². The lowest BCUT2D eigenvalue weighted by Crippen LogP contribution is -1.85. The Bertz CT molecular complexity index is 307. The lowest BCUT2D eigenvalue weighted by molar-refractivity contribution is 0.281. The van der Waals surface area contributed by atoms with Crippen LogP contribution in [-0.2, 0) is 6.61 Å². The van der Waals surface area contributed by atoms with Gasteiger partial charge in [-0.05, 0) is 24.1 Å². The maximum absolute atomic E-state index is 8.96. The predicted molar refractivity (Wildman–Crippen MR) is 62.5 cm³/mol. The van der Waals surface area contributed by atoms with Crippen molar-refractivity contribution in [1.29, 1.82) is 0 Å². The number of rotatable bonds is 5. The minimum Gasteiger partial charge on any atom is -0.392 e. The summed E-state index contributed by atoms with van der Waals surface area (Å²) in [5, 5.41) is 8.96. The number of aliphatic hydroxyl groups is 1. The summed E-state index contributed by atoms with van der Waals surface area (Å²) >= 11 is 1.77. The minimum absolute atomic E-state index is 0.114. The molecular weight excluding hydrogens is 192 g/mol. The molecule has 0 unspecified atom stereocenters. The average molecular weight is 208 g/mol. The Morgan fingerprint density at radius 1 is 1.50 bits per heavy atom. The summed E-state index contributed by atoms with van der Waals surface area (Å²) in [6, 6.07) is 7.99. The van der Waals surface area contributed by atoms with E-state index in [1.54, 1.807) is 11.8 Å². The second-order valence-electron chi connectivity index (χ2n) is 3.20. The topological polar surface area (TPSA) is 20.2 Å². The Balaban J connectivity index is 2.54. The van der Waals surface area contributed by atoms with Gasteiger partial charge >= 0.3 is 0 Å². The van der Waals surface area contributed by atoms with Crippen LogP contribution in [0.3, 0.4) is 0 Å². The van der Waals surface area contributed by atoms with Gasteiger partial charge in [-0.2, -0.15) is 0 Å². The van der Waals surface area contributed by atoms with E-state index in [-0.39, 0.29) is 6.61 Å². The van der Waals surface area contributed by atoms with Crippen molar-refractivity contribution in [3.63, 3.8) is 0 Å². The zero-order valence-electron chi connectivity index (χ0n) is 8.49. The first-order valence-corrected chi connectivity index (χ1v) is 5.74. The van der Waals surface area contributed by atoms with E-state index in [0.29, 0.717) is 0 Å². The molecule has 0 atom stereocenters. The van der Waals surface area contributed by atoms with Gasteiger partial charge in [0.1, 0.15) is 0 Å². The lowest BCUT2D eigenvalue weighted by atomic mass is 10.2. The molecule has 76 valence electrons. The summed E-state index contributed by atoms with van der Waals surface area (Å²) in [5.74, 6) is 0.964. The van der Waals surface area contributed by atoms with Gasteiger partial charge in [-0.3, -0.25) is 0 Å². The first-order valence-electron chi connectivity index (χ1n) is 4.75. The Morgan fingerprint density at radius 3 is 2.93 bits per heavy atom. The second-order valence-corrected chi connectivity index (χ2v) is 4.25. The first-order chi connectivity index (χ1) is 6.76. The molecule has 1 aromatic rings. The largest absolute Gasteiger partial charge is 0.392 e. The summed E-state index contributed by atoms with van der Waals surface area (Å²) in [6.07, 6.45) is 1.03. The van der Waals surface area contributed by atoms with Gasteiger partial charge in [-0.25, -0.2) is 0 Å². The number of hydrogen-bond acceptors (Lipinski definition) is 2. The third kappa shape index (κ3) is 3.56. The van der Waals surface area contributed by atoms with E-state index in [1.165, 1.54) is 10.5 Å². The van der Waals surface area contributed by atoms with Crippen LogP contribution in [0.4, 0.5) is 0 Å². The van der Waals surface area contributed by atoms with Crippen molar-refractivity contribution >= 4 is 11.8 Å². The molecule has 2 heteroatoms. The van der Waals surface area contributed by atoms with E-state index in [4.69, 9.17) is 5.11 Å². The molecule has 0 spiro atoms. The number of benzene rings is 1. The zero-order valence-corrected chi connectivity index (χ0v) is 9.31. The quantitative estimate of drug-likeness (QED) is 0.592. The molecule has 0 bridgehead atoms. The molecule has 0 aliphatic rings. The standard InChI is InChI=1S/C12H16OS/c1-3-10(2)9-14-12-6-4-5-11(7-12)8-13/h4-7,13H,2-3,8-9H2,1H3. The van der Waals surface area contributed by atoms with Crippen LogP contribution in [0, 0.1) is 0 Å². The molecule has 0 aliphatic carbocycles. The third-order valence-electron chi connectivity index (χ3n) is 2.02. The van der Waals surface area contributed by atoms with Crippen molar-refractivity contribution in [2.45, 2.75) is 24.8 Å². The number of aliphatic hydroxyl groups excluding tert-OH is 1. The molecule has 0 aromatic heterocycles. The highest BCUT2D eigenvalue weighted by atomic mass is 32.2. The molecule has 0 saturated heterocycles. The summed E-state index contributed by atoms with van der Waals surface area (Å²) in [4.78, 5) is 1.20. The summed E-state index contributed by atoms with van der Waals surface area (Å²) < 4.78 is 0. The molecule has 0 fully saturated rings. The van der Waals surface area contributed by atoms with E-state index >= 15 is 0 Å². The Hall–Kier alpha value is -0.730. The maximum Gasteiger partial charge on any atom is 0.0682 e. The van der Waals surface area contributed by atoms with Crippen LogP contribution in [0.2, 0.25) is 0 Å². The summed E-state index contributed by atoms with van der Waals surface area (Å²) in [7, 11) is 0.